The molecule has 2 amide bonds. The second-order valence-corrected chi connectivity index (χ2v) is 5.83. The van der Waals surface area contributed by atoms with Crippen LogP contribution in [0.3, 0.4) is 0 Å². The standard InChI is InChI=1S/C17H15N3O2/c1-9-7-10(2)14-12(8-9)17(16(22)18-14)19-13-6-4-3-5-11(13)15(21)20-17/h3-8,19H,1-2H3,(H,18,22)(H,20,21)/t17-/m0/s1. The maximum absolute atomic E-state index is 12.6. The Morgan fingerprint density at radius 1 is 1.00 bits per heavy atom. The van der Waals surface area contributed by atoms with Gasteiger partial charge in [-0.1, -0.05) is 23.8 Å². The molecule has 3 N–H and O–H groups in total. The molecule has 2 aliphatic heterocycles. The number of carbonyl (C=O) groups is 2. The zero-order valence-corrected chi connectivity index (χ0v) is 12.3. The summed E-state index contributed by atoms with van der Waals surface area (Å²) in [4.78, 5) is 25.1. The molecule has 4 rings (SSSR count). The van der Waals surface area contributed by atoms with Gasteiger partial charge in [-0.3, -0.25) is 9.59 Å². The monoisotopic (exact) mass is 293 g/mol. The molecule has 2 aliphatic rings. The van der Waals surface area contributed by atoms with Crippen molar-refractivity contribution < 1.29 is 9.59 Å². The Kier molecular flexibility index (Phi) is 2.40. The summed E-state index contributed by atoms with van der Waals surface area (Å²) in [5.41, 5.74) is 3.52. The smallest absolute Gasteiger partial charge is 0.275 e. The van der Waals surface area contributed by atoms with Crippen LogP contribution >= 0.6 is 0 Å². The van der Waals surface area contributed by atoms with E-state index in [-0.39, 0.29) is 11.8 Å². The lowest BCUT2D eigenvalue weighted by Crippen LogP contribution is -2.59. The van der Waals surface area contributed by atoms with Crippen molar-refractivity contribution >= 4 is 23.2 Å². The predicted molar refractivity (Wildman–Crippen MR) is 83.8 cm³/mol. The Morgan fingerprint density at radius 2 is 1.77 bits per heavy atom. The number of hydrogen-bond acceptors (Lipinski definition) is 3. The molecule has 1 atom stereocenters. The molecule has 0 radical (unpaired) electrons. The number of hydrogen-bond donors (Lipinski definition) is 3. The van der Waals surface area contributed by atoms with Crippen LogP contribution in [-0.4, -0.2) is 11.8 Å². The van der Waals surface area contributed by atoms with Gasteiger partial charge >= 0.3 is 0 Å². The zero-order valence-electron chi connectivity index (χ0n) is 12.3. The van der Waals surface area contributed by atoms with E-state index in [1.807, 2.05) is 38.1 Å². The van der Waals surface area contributed by atoms with Gasteiger partial charge in [0.25, 0.3) is 11.8 Å². The highest BCUT2D eigenvalue weighted by molar-refractivity contribution is 6.14. The van der Waals surface area contributed by atoms with Crippen molar-refractivity contribution in [1.29, 1.82) is 0 Å². The van der Waals surface area contributed by atoms with Gasteiger partial charge in [-0.2, -0.15) is 0 Å². The topological polar surface area (TPSA) is 70.2 Å². The highest BCUT2D eigenvalue weighted by Crippen LogP contribution is 2.41. The molecule has 0 aromatic heterocycles. The van der Waals surface area contributed by atoms with Gasteiger partial charge in [0.05, 0.1) is 11.3 Å². The first-order chi connectivity index (χ1) is 10.5. The molecule has 0 unspecified atom stereocenters. The summed E-state index contributed by atoms with van der Waals surface area (Å²) in [5.74, 6) is -0.518. The van der Waals surface area contributed by atoms with Gasteiger partial charge in [0.1, 0.15) is 0 Å². The second kappa shape index (κ2) is 4.10. The van der Waals surface area contributed by atoms with Gasteiger partial charge in [0, 0.05) is 11.3 Å². The first-order valence-corrected chi connectivity index (χ1v) is 7.14. The largest absolute Gasteiger partial charge is 0.350 e. The summed E-state index contributed by atoms with van der Waals surface area (Å²) in [6, 6.07) is 11.1. The molecule has 5 heteroatoms. The summed E-state index contributed by atoms with van der Waals surface area (Å²) in [6.45, 7) is 3.92. The molecule has 2 aromatic carbocycles. The number of fused-ring (bicyclic) bond motifs is 3. The Morgan fingerprint density at radius 3 is 2.59 bits per heavy atom. The average Bonchev–Trinajstić information content (AvgIpc) is 2.73. The number of benzene rings is 2. The van der Waals surface area contributed by atoms with Crippen molar-refractivity contribution in [2.24, 2.45) is 0 Å². The first-order valence-electron chi connectivity index (χ1n) is 7.14. The molecule has 0 fully saturated rings. The molecule has 0 bridgehead atoms. The van der Waals surface area contributed by atoms with E-state index in [0.717, 1.165) is 22.4 Å². The minimum atomic E-state index is -1.24. The Bertz CT molecular complexity index is 844. The van der Waals surface area contributed by atoms with Crippen LogP contribution in [0.25, 0.3) is 0 Å². The molecular weight excluding hydrogens is 278 g/mol. The summed E-state index contributed by atoms with van der Waals surface area (Å²) >= 11 is 0. The molecule has 2 heterocycles. The summed E-state index contributed by atoms with van der Waals surface area (Å²) in [7, 11) is 0. The lowest BCUT2D eigenvalue weighted by molar-refractivity contribution is -0.120. The van der Waals surface area contributed by atoms with Crippen LogP contribution in [0.1, 0.15) is 27.0 Å². The quantitative estimate of drug-likeness (QED) is 0.698. The van der Waals surface area contributed by atoms with Gasteiger partial charge < -0.3 is 16.0 Å². The van der Waals surface area contributed by atoms with E-state index in [4.69, 9.17) is 0 Å². The highest BCUT2D eigenvalue weighted by atomic mass is 16.2. The van der Waals surface area contributed by atoms with Crippen molar-refractivity contribution in [2.75, 3.05) is 10.6 Å². The Hall–Kier alpha value is -2.82. The number of rotatable bonds is 0. The first kappa shape index (κ1) is 12.9. The summed E-state index contributed by atoms with van der Waals surface area (Å²) < 4.78 is 0. The van der Waals surface area contributed by atoms with Crippen molar-refractivity contribution in [3.8, 4) is 0 Å². The lowest BCUT2D eigenvalue weighted by atomic mass is 9.93. The lowest BCUT2D eigenvalue weighted by Gasteiger charge is -2.35. The van der Waals surface area contributed by atoms with E-state index < -0.39 is 5.66 Å². The molecule has 22 heavy (non-hydrogen) atoms. The SMILES string of the molecule is Cc1cc(C)c2c(c1)[C@]1(NC(=O)c3ccccc3N1)C(=O)N2. The van der Waals surface area contributed by atoms with Crippen LogP contribution in [0.2, 0.25) is 0 Å². The van der Waals surface area contributed by atoms with Gasteiger partial charge in [0.15, 0.2) is 0 Å². The van der Waals surface area contributed by atoms with Crippen LogP contribution in [-0.2, 0) is 10.5 Å². The summed E-state index contributed by atoms with van der Waals surface area (Å²) in [6.07, 6.45) is 0. The number of anilines is 2. The Labute approximate surface area is 127 Å². The van der Waals surface area contributed by atoms with Gasteiger partial charge in [-0.05, 0) is 37.6 Å². The van der Waals surface area contributed by atoms with E-state index in [9.17, 15) is 9.59 Å². The van der Waals surface area contributed by atoms with Crippen molar-refractivity contribution in [1.82, 2.24) is 5.32 Å². The molecule has 110 valence electrons. The highest BCUT2D eigenvalue weighted by Gasteiger charge is 2.51. The third-order valence-electron chi connectivity index (χ3n) is 4.26. The number of carbonyl (C=O) groups excluding carboxylic acids is 2. The normalized spacial score (nSPS) is 21.7. The fraction of sp³-hybridized carbons (Fsp3) is 0.176. The summed E-state index contributed by atoms with van der Waals surface area (Å²) in [5, 5.41) is 8.95. The number of nitrogens with one attached hydrogen (secondary N) is 3. The van der Waals surface area contributed by atoms with Crippen molar-refractivity contribution in [3.63, 3.8) is 0 Å². The third-order valence-corrected chi connectivity index (χ3v) is 4.26. The molecule has 2 aromatic rings. The molecule has 0 saturated carbocycles. The van der Waals surface area contributed by atoms with Gasteiger partial charge in [-0.15, -0.1) is 0 Å². The molecule has 0 saturated heterocycles. The van der Waals surface area contributed by atoms with Gasteiger partial charge in [0.2, 0.25) is 5.66 Å². The van der Waals surface area contributed by atoms with Gasteiger partial charge in [-0.25, -0.2) is 0 Å². The second-order valence-electron chi connectivity index (χ2n) is 5.83. The molecule has 0 aliphatic carbocycles. The maximum Gasteiger partial charge on any atom is 0.275 e. The van der Waals surface area contributed by atoms with Crippen molar-refractivity contribution in [2.45, 2.75) is 19.5 Å². The van der Waals surface area contributed by atoms with Crippen LogP contribution in [0.4, 0.5) is 11.4 Å². The third kappa shape index (κ3) is 1.53. The van der Waals surface area contributed by atoms with E-state index in [2.05, 4.69) is 16.0 Å². The van der Waals surface area contributed by atoms with E-state index in [1.165, 1.54) is 0 Å². The minimum absolute atomic E-state index is 0.253. The number of para-hydroxylation sites is 1. The van der Waals surface area contributed by atoms with Crippen molar-refractivity contribution in [3.05, 3.63) is 58.7 Å². The fourth-order valence-electron chi connectivity index (χ4n) is 3.27. The van der Waals surface area contributed by atoms with E-state index in [0.29, 0.717) is 11.3 Å². The zero-order chi connectivity index (χ0) is 15.5. The fourth-order valence-corrected chi connectivity index (χ4v) is 3.27. The molecule has 1 spiro atoms. The van der Waals surface area contributed by atoms with Crippen LogP contribution in [0, 0.1) is 13.8 Å². The van der Waals surface area contributed by atoms with E-state index in [1.54, 1.807) is 12.1 Å². The van der Waals surface area contributed by atoms with E-state index >= 15 is 0 Å². The predicted octanol–water partition coefficient (Wildman–Crippen LogP) is 2.26. The molecular formula is C17H15N3O2. The minimum Gasteiger partial charge on any atom is -0.350 e. The number of aryl methyl sites for hydroxylation is 2. The van der Waals surface area contributed by atoms with Crippen LogP contribution in [0.5, 0.6) is 0 Å². The van der Waals surface area contributed by atoms with Crippen LogP contribution in [0.15, 0.2) is 36.4 Å². The molecule has 5 nitrogen and oxygen atoms in total. The van der Waals surface area contributed by atoms with Crippen LogP contribution < -0.4 is 16.0 Å². The maximum atomic E-state index is 12.6. The Balaban J connectivity index is 1.95. The average molecular weight is 293 g/mol. The number of amides is 2.